The molecule has 0 saturated carbocycles. The highest BCUT2D eigenvalue weighted by Gasteiger charge is 2.10. The van der Waals surface area contributed by atoms with Crippen LogP contribution in [0.4, 0.5) is 0 Å². The molecule has 0 radical (unpaired) electrons. The third-order valence-corrected chi connectivity index (χ3v) is 3.04. The SMILES string of the molecule is CC(=O)NCCC(=O)N(C)Cc1cnc2ccccc2n1. The van der Waals surface area contributed by atoms with Crippen LogP contribution in [0.25, 0.3) is 11.0 Å². The van der Waals surface area contributed by atoms with Crippen LogP contribution < -0.4 is 5.32 Å². The molecule has 1 aromatic carbocycles. The summed E-state index contributed by atoms with van der Waals surface area (Å²) >= 11 is 0. The normalized spacial score (nSPS) is 10.4. The largest absolute Gasteiger partial charge is 0.356 e. The van der Waals surface area contributed by atoms with Gasteiger partial charge in [0.25, 0.3) is 0 Å². The maximum atomic E-state index is 11.9. The first-order valence-electron chi connectivity index (χ1n) is 6.75. The topological polar surface area (TPSA) is 75.2 Å². The summed E-state index contributed by atoms with van der Waals surface area (Å²) in [5, 5.41) is 2.60. The minimum atomic E-state index is -0.133. The number of nitrogens with one attached hydrogen (secondary N) is 1. The van der Waals surface area contributed by atoms with E-state index in [1.807, 2.05) is 24.3 Å². The second-order valence-electron chi connectivity index (χ2n) is 4.83. The van der Waals surface area contributed by atoms with E-state index >= 15 is 0 Å². The molecule has 0 spiro atoms. The fourth-order valence-corrected chi connectivity index (χ4v) is 1.94. The van der Waals surface area contributed by atoms with Gasteiger partial charge in [0.2, 0.25) is 11.8 Å². The highest BCUT2D eigenvalue weighted by atomic mass is 16.2. The molecule has 1 aromatic heterocycles. The fraction of sp³-hybridized carbons (Fsp3) is 0.333. The Bertz CT molecular complexity index is 657. The third kappa shape index (κ3) is 4.24. The highest BCUT2D eigenvalue weighted by molar-refractivity contribution is 5.78. The Hall–Kier alpha value is -2.50. The molecule has 0 fully saturated rings. The second kappa shape index (κ2) is 6.78. The van der Waals surface area contributed by atoms with Crippen molar-refractivity contribution in [2.24, 2.45) is 0 Å². The lowest BCUT2D eigenvalue weighted by Crippen LogP contribution is -2.31. The first kappa shape index (κ1) is 14.9. The van der Waals surface area contributed by atoms with Crippen molar-refractivity contribution in [3.63, 3.8) is 0 Å². The van der Waals surface area contributed by atoms with Gasteiger partial charge in [0, 0.05) is 26.9 Å². The zero-order chi connectivity index (χ0) is 15.2. The average Bonchev–Trinajstić information content (AvgIpc) is 2.46. The van der Waals surface area contributed by atoms with Crippen LogP contribution in [0.1, 0.15) is 19.0 Å². The van der Waals surface area contributed by atoms with Gasteiger partial charge in [-0.15, -0.1) is 0 Å². The van der Waals surface area contributed by atoms with Gasteiger partial charge in [-0.05, 0) is 12.1 Å². The van der Waals surface area contributed by atoms with Gasteiger partial charge in [-0.25, -0.2) is 4.98 Å². The van der Waals surface area contributed by atoms with Gasteiger partial charge in [0.1, 0.15) is 0 Å². The molecule has 1 heterocycles. The average molecular weight is 286 g/mol. The molecule has 6 heteroatoms. The Morgan fingerprint density at radius 3 is 2.67 bits per heavy atom. The number of amides is 2. The van der Waals surface area contributed by atoms with E-state index in [1.165, 1.54) is 6.92 Å². The van der Waals surface area contributed by atoms with Crippen molar-refractivity contribution in [1.29, 1.82) is 0 Å². The summed E-state index contributed by atoms with van der Waals surface area (Å²) in [5.74, 6) is -0.176. The van der Waals surface area contributed by atoms with Crippen LogP contribution in [0.2, 0.25) is 0 Å². The summed E-state index contributed by atoms with van der Waals surface area (Å²) in [6.45, 7) is 2.18. The van der Waals surface area contributed by atoms with Crippen LogP contribution >= 0.6 is 0 Å². The van der Waals surface area contributed by atoms with E-state index in [9.17, 15) is 9.59 Å². The summed E-state index contributed by atoms with van der Waals surface area (Å²) in [7, 11) is 1.72. The van der Waals surface area contributed by atoms with E-state index in [0.717, 1.165) is 16.7 Å². The van der Waals surface area contributed by atoms with Gasteiger partial charge in [0.15, 0.2) is 0 Å². The highest BCUT2D eigenvalue weighted by Crippen LogP contribution is 2.09. The molecule has 0 atom stereocenters. The summed E-state index contributed by atoms with van der Waals surface area (Å²) in [6.07, 6.45) is 1.96. The predicted molar refractivity (Wildman–Crippen MR) is 79.3 cm³/mol. The van der Waals surface area contributed by atoms with Gasteiger partial charge >= 0.3 is 0 Å². The van der Waals surface area contributed by atoms with E-state index < -0.39 is 0 Å². The number of fused-ring (bicyclic) bond motifs is 1. The van der Waals surface area contributed by atoms with Crippen LogP contribution in [-0.4, -0.2) is 40.3 Å². The Balaban J connectivity index is 1.95. The quantitative estimate of drug-likeness (QED) is 0.893. The maximum absolute atomic E-state index is 11.9. The Kier molecular flexibility index (Phi) is 4.81. The molecule has 6 nitrogen and oxygen atoms in total. The number of benzene rings is 1. The Morgan fingerprint density at radius 2 is 1.95 bits per heavy atom. The Morgan fingerprint density at radius 1 is 1.24 bits per heavy atom. The zero-order valence-electron chi connectivity index (χ0n) is 12.2. The van der Waals surface area contributed by atoms with Crippen molar-refractivity contribution in [1.82, 2.24) is 20.2 Å². The molecular formula is C15H18N4O2. The zero-order valence-corrected chi connectivity index (χ0v) is 12.2. The van der Waals surface area contributed by atoms with Gasteiger partial charge in [-0.2, -0.15) is 0 Å². The van der Waals surface area contributed by atoms with Crippen molar-refractivity contribution in [3.8, 4) is 0 Å². The van der Waals surface area contributed by atoms with Crippen LogP contribution in [-0.2, 0) is 16.1 Å². The number of carbonyl (C=O) groups is 2. The number of nitrogens with zero attached hydrogens (tertiary/aromatic N) is 3. The number of carbonyl (C=O) groups excluding carboxylic acids is 2. The lowest BCUT2D eigenvalue weighted by atomic mass is 10.3. The first-order valence-corrected chi connectivity index (χ1v) is 6.75. The molecule has 0 aliphatic rings. The lowest BCUT2D eigenvalue weighted by molar-refractivity contribution is -0.130. The third-order valence-electron chi connectivity index (χ3n) is 3.04. The Labute approximate surface area is 123 Å². The smallest absolute Gasteiger partial charge is 0.224 e. The van der Waals surface area contributed by atoms with Crippen molar-refractivity contribution in [2.45, 2.75) is 19.9 Å². The molecule has 0 aliphatic carbocycles. The van der Waals surface area contributed by atoms with E-state index in [2.05, 4.69) is 15.3 Å². The summed E-state index contributed by atoms with van der Waals surface area (Å²) in [4.78, 5) is 33.1. The molecule has 0 bridgehead atoms. The van der Waals surface area contributed by atoms with Crippen LogP contribution in [0.5, 0.6) is 0 Å². The molecule has 110 valence electrons. The number of hydrogen-bond acceptors (Lipinski definition) is 4. The van der Waals surface area contributed by atoms with Gasteiger partial charge in [0.05, 0.1) is 29.5 Å². The first-order chi connectivity index (χ1) is 10.1. The number of para-hydroxylation sites is 2. The van der Waals surface area contributed by atoms with E-state index in [0.29, 0.717) is 13.1 Å². The van der Waals surface area contributed by atoms with Crippen molar-refractivity contribution < 1.29 is 9.59 Å². The van der Waals surface area contributed by atoms with E-state index in [-0.39, 0.29) is 18.2 Å². The minimum absolute atomic E-state index is 0.0429. The lowest BCUT2D eigenvalue weighted by Gasteiger charge is -2.16. The van der Waals surface area contributed by atoms with Gasteiger partial charge in [-0.3, -0.25) is 14.6 Å². The summed E-state index contributed by atoms with van der Waals surface area (Å²) in [5.41, 5.74) is 2.39. The molecule has 0 unspecified atom stereocenters. The van der Waals surface area contributed by atoms with Gasteiger partial charge in [-0.1, -0.05) is 12.1 Å². The van der Waals surface area contributed by atoms with Crippen molar-refractivity contribution in [3.05, 3.63) is 36.2 Å². The molecule has 21 heavy (non-hydrogen) atoms. The second-order valence-corrected chi connectivity index (χ2v) is 4.83. The molecule has 1 N–H and O–H groups in total. The molecule has 2 rings (SSSR count). The number of aromatic nitrogens is 2. The minimum Gasteiger partial charge on any atom is -0.356 e. The maximum Gasteiger partial charge on any atom is 0.224 e. The molecule has 0 saturated heterocycles. The van der Waals surface area contributed by atoms with E-state index in [1.54, 1.807) is 18.1 Å². The van der Waals surface area contributed by atoms with Crippen LogP contribution in [0.15, 0.2) is 30.5 Å². The monoisotopic (exact) mass is 286 g/mol. The van der Waals surface area contributed by atoms with Crippen LogP contribution in [0, 0.1) is 0 Å². The summed E-state index contributed by atoms with van der Waals surface area (Å²) < 4.78 is 0. The van der Waals surface area contributed by atoms with Crippen molar-refractivity contribution in [2.75, 3.05) is 13.6 Å². The molecular weight excluding hydrogens is 268 g/mol. The number of hydrogen-bond donors (Lipinski definition) is 1. The standard InChI is InChI=1S/C15H18N4O2/c1-11(20)16-8-7-15(21)19(2)10-12-9-17-13-5-3-4-6-14(13)18-12/h3-6,9H,7-8,10H2,1-2H3,(H,16,20). The van der Waals surface area contributed by atoms with E-state index in [4.69, 9.17) is 0 Å². The molecule has 2 aromatic rings. The predicted octanol–water partition coefficient (Wildman–Crippen LogP) is 1.11. The number of rotatable bonds is 5. The van der Waals surface area contributed by atoms with Crippen molar-refractivity contribution >= 4 is 22.8 Å². The van der Waals surface area contributed by atoms with Gasteiger partial charge < -0.3 is 10.2 Å². The molecule has 0 aliphatic heterocycles. The molecule has 2 amide bonds. The summed E-state index contributed by atoms with van der Waals surface area (Å²) in [6, 6.07) is 7.61. The van der Waals surface area contributed by atoms with Crippen LogP contribution in [0.3, 0.4) is 0 Å². The fourth-order valence-electron chi connectivity index (χ4n) is 1.94.